The maximum Gasteiger partial charge on any atom is 0.381 e. The van der Waals surface area contributed by atoms with E-state index in [4.69, 9.17) is 9.47 Å². The van der Waals surface area contributed by atoms with Crippen LogP contribution in [0.5, 0.6) is 11.5 Å². The maximum atomic E-state index is 13.8. The monoisotopic (exact) mass is 272 g/mol. The lowest BCUT2D eigenvalue weighted by Gasteiger charge is -2.16. The summed E-state index contributed by atoms with van der Waals surface area (Å²) in [7, 11) is 0. The number of hydrogen-bond donors (Lipinski definition) is 0. The summed E-state index contributed by atoms with van der Waals surface area (Å²) in [4.78, 5) is 11.2. The van der Waals surface area contributed by atoms with E-state index in [1.54, 1.807) is 13.8 Å². The molecule has 0 bridgehead atoms. The molecule has 4 nitrogen and oxygen atoms in total. The van der Waals surface area contributed by atoms with E-state index in [-0.39, 0.29) is 12.4 Å². The summed E-state index contributed by atoms with van der Waals surface area (Å²) in [6, 6.07) is 3.58. The summed E-state index contributed by atoms with van der Waals surface area (Å²) >= 11 is 0. The standard InChI is InChI=1S/C13H14F2O4/c1-4-17-11(16)13(14,15)8-5-6-9-10(7-8)19-12(2,3)18-9/h5-7H,4H2,1-3H3. The van der Waals surface area contributed by atoms with E-state index in [9.17, 15) is 13.6 Å². The number of alkyl halides is 2. The van der Waals surface area contributed by atoms with Crippen LogP contribution in [-0.4, -0.2) is 18.4 Å². The Kier molecular flexibility index (Phi) is 3.12. The molecule has 0 N–H and O–H groups in total. The van der Waals surface area contributed by atoms with Gasteiger partial charge in [-0.25, -0.2) is 4.79 Å². The SMILES string of the molecule is CCOC(=O)C(F)(F)c1ccc2c(c1)OC(C)(C)O2. The number of rotatable bonds is 3. The minimum atomic E-state index is -3.71. The van der Waals surface area contributed by atoms with Crippen molar-refractivity contribution in [3.05, 3.63) is 23.8 Å². The summed E-state index contributed by atoms with van der Waals surface area (Å²) in [5, 5.41) is 0. The quantitative estimate of drug-likeness (QED) is 0.794. The first-order chi connectivity index (χ1) is 8.76. The van der Waals surface area contributed by atoms with Gasteiger partial charge in [0.1, 0.15) is 0 Å². The van der Waals surface area contributed by atoms with Crippen molar-refractivity contribution in [3.8, 4) is 11.5 Å². The number of ether oxygens (including phenoxy) is 3. The smallest absolute Gasteiger partial charge is 0.381 e. The van der Waals surface area contributed by atoms with Crippen LogP contribution in [0.3, 0.4) is 0 Å². The predicted molar refractivity (Wildman–Crippen MR) is 62.3 cm³/mol. The van der Waals surface area contributed by atoms with Gasteiger partial charge in [-0.3, -0.25) is 0 Å². The van der Waals surface area contributed by atoms with Crippen LogP contribution >= 0.6 is 0 Å². The van der Waals surface area contributed by atoms with Gasteiger partial charge >= 0.3 is 11.9 Å². The van der Waals surface area contributed by atoms with Gasteiger partial charge in [0, 0.05) is 19.4 Å². The zero-order valence-electron chi connectivity index (χ0n) is 10.8. The molecule has 0 saturated carbocycles. The van der Waals surface area contributed by atoms with Gasteiger partial charge in [-0.05, 0) is 25.1 Å². The van der Waals surface area contributed by atoms with Crippen LogP contribution < -0.4 is 9.47 Å². The molecule has 0 spiro atoms. The first-order valence-corrected chi connectivity index (χ1v) is 5.84. The largest absolute Gasteiger partial charge is 0.461 e. The van der Waals surface area contributed by atoms with Gasteiger partial charge in [-0.15, -0.1) is 0 Å². The molecule has 0 fully saturated rings. The Balaban J connectivity index is 2.31. The summed E-state index contributed by atoms with van der Waals surface area (Å²) in [5.41, 5.74) is -0.481. The van der Waals surface area contributed by atoms with Crippen LogP contribution in [0.1, 0.15) is 26.3 Å². The van der Waals surface area contributed by atoms with Crippen molar-refractivity contribution in [1.82, 2.24) is 0 Å². The Morgan fingerprint density at radius 1 is 1.32 bits per heavy atom. The van der Waals surface area contributed by atoms with E-state index in [1.165, 1.54) is 13.0 Å². The molecule has 0 aromatic heterocycles. The minimum absolute atomic E-state index is 0.105. The molecule has 2 rings (SSSR count). The molecule has 0 radical (unpaired) electrons. The fourth-order valence-electron chi connectivity index (χ4n) is 1.76. The van der Waals surface area contributed by atoms with Gasteiger partial charge in [-0.1, -0.05) is 0 Å². The summed E-state index contributed by atoms with van der Waals surface area (Å²) < 4.78 is 42.8. The minimum Gasteiger partial charge on any atom is -0.461 e. The average Bonchev–Trinajstić information content (AvgIpc) is 2.61. The van der Waals surface area contributed by atoms with E-state index < -0.39 is 23.2 Å². The van der Waals surface area contributed by atoms with E-state index in [1.807, 2.05) is 0 Å². The number of halogens is 2. The van der Waals surface area contributed by atoms with Crippen molar-refractivity contribution in [1.29, 1.82) is 0 Å². The molecule has 0 aliphatic carbocycles. The molecule has 1 aromatic rings. The van der Waals surface area contributed by atoms with Crippen LogP contribution in [0.15, 0.2) is 18.2 Å². The molecule has 1 aliphatic heterocycles. The van der Waals surface area contributed by atoms with Crippen LogP contribution in [-0.2, 0) is 15.5 Å². The third kappa shape index (κ3) is 2.47. The topological polar surface area (TPSA) is 44.8 Å². The fourth-order valence-corrected chi connectivity index (χ4v) is 1.76. The number of carbonyl (C=O) groups excluding carboxylic acids is 1. The Labute approximate surface area is 109 Å². The Hall–Kier alpha value is -1.85. The van der Waals surface area contributed by atoms with Gasteiger partial charge in [0.25, 0.3) is 0 Å². The van der Waals surface area contributed by atoms with E-state index in [0.29, 0.717) is 5.75 Å². The van der Waals surface area contributed by atoms with Crippen LogP contribution in [0, 0.1) is 0 Å². The predicted octanol–water partition coefficient (Wildman–Crippen LogP) is 2.85. The van der Waals surface area contributed by atoms with Crippen LogP contribution in [0.2, 0.25) is 0 Å². The van der Waals surface area contributed by atoms with Gasteiger partial charge in [-0.2, -0.15) is 8.78 Å². The second-order valence-electron chi connectivity index (χ2n) is 4.56. The molecular formula is C13H14F2O4. The number of benzene rings is 1. The maximum absolute atomic E-state index is 13.8. The molecule has 6 heteroatoms. The van der Waals surface area contributed by atoms with Crippen molar-refractivity contribution in [2.45, 2.75) is 32.5 Å². The normalized spacial score (nSPS) is 16.3. The molecule has 104 valence electrons. The molecule has 1 heterocycles. The first-order valence-electron chi connectivity index (χ1n) is 5.84. The molecule has 19 heavy (non-hydrogen) atoms. The molecule has 0 atom stereocenters. The van der Waals surface area contributed by atoms with Crippen molar-refractivity contribution in [2.24, 2.45) is 0 Å². The highest BCUT2D eigenvalue weighted by Gasteiger charge is 2.44. The van der Waals surface area contributed by atoms with E-state index >= 15 is 0 Å². The molecule has 1 aliphatic rings. The van der Waals surface area contributed by atoms with Crippen molar-refractivity contribution in [2.75, 3.05) is 6.61 Å². The number of fused-ring (bicyclic) bond motifs is 1. The second kappa shape index (κ2) is 4.36. The highest BCUT2D eigenvalue weighted by molar-refractivity contribution is 5.79. The highest BCUT2D eigenvalue weighted by Crippen LogP contribution is 2.42. The highest BCUT2D eigenvalue weighted by atomic mass is 19.3. The van der Waals surface area contributed by atoms with E-state index in [0.717, 1.165) is 12.1 Å². The Morgan fingerprint density at radius 3 is 2.58 bits per heavy atom. The molecule has 0 unspecified atom stereocenters. The van der Waals surface area contributed by atoms with Gasteiger partial charge < -0.3 is 14.2 Å². The third-order valence-corrected chi connectivity index (χ3v) is 2.55. The zero-order valence-corrected chi connectivity index (χ0v) is 10.8. The number of carbonyl (C=O) groups is 1. The van der Waals surface area contributed by atoms with Crippen LogP contribution in [0.4, 0.5) is 8.78 Å². The summed E-state index contributed by atoms with van der Waals surface area (Å²) in [5.74, 6) is -5.63. The molecule has 0 amide bonds. The summed E-state index contributed by atoms with van der Waals surface area (Å²) in [6.07, 6.45) is 0. The van der Waals surface area contributed by atoms with Crippen LogP contribution in [0.25, 0.3) is 0 Å². The van der Waals surface area contributed by atoms with Crippen molar-refractivity contribution < 1.29 is 27.8 Å². The average molecular weight is 272 g/mol. The fraction of sp³-hybridized carbons (Fsp3) is 0.462. The molecule has 0 saturated heterocycles. The second-order valence-corrected chi connectivity index (χ2v) is 4.56. The Bertz CT molecular complexity index is 511. The zero-order chi connectivity index (χ0) is 14.3. The number of hydrogen-bond acceptors (Lipinski definition) is 4. The van der Waals surface area contributed by atoms with Gasteiger partial charge in [0.15, 0.2) is 11.5 Å². The Morgan fingerprint density at radius 2 is 1.95 bits per heavy atom. The number of esters is 1. The lowest BCUT2D eigenvalue weighted by atomic mass is 10.1. The molecular weight excluding hydrogens is 258 g/mol. The van der Waals surface area contributed by atoms with E-state index in [2.05, 4.69) is 4.74 Å². The lowest BCUT2D eigenvalue weighted by Crippen LogP contribution is -2.30. The summed E-state index contributed by atoms with van der Waals surface area (Å²) in [6.45, 7) is 4.69. The lowest BCUT2D eigenvalue weighted by molar-refractivity contribution is -0.173. The molecule has 1 aromatic carbocycles. The van der Waals surface area contributed by atoms with Crippen molar-refractivity contribution in [3.63, 3.8) is 0 Å². The van der Waals surface area contributed by atoms with Crippen molar-refractivity contribution >= 4 is 5.97 Å². The first kappa shape index (κ1) is 13.6. The van der Waals surface area contributed by atoms with Gasteiger partial charge in [0.05, 0.1) is 6.61 Å². The van der Waals surface area contributed by atoms with Gasteiger partial charge in [0.2, 0.25) is 5.79 Å². The third-order valence-electron chi connectivity index (χ3n) is 2.55.